The first-order valence-corrected chi connectivity index (χ1v) is 18.6. The number of aryl methyl sites for hydroxylation is 2. The zero-order valence-electron chi connectivity index (χ0n) is 48.3. The van der Waals surface area contributed by atoms with Gasteiger partial charge < -0.3 is 5.11 Å². The van der Waals surface area contributed by atoms with Crippen LogP contribution in [0.2, 0.25) is 0 Å². The van der Waals surface area contributed by atoms with Gasteiger partial charge >= 0.3 is 0 Å². The molecule has 4 heteroatoms. The molecule has 4 nitrogen and oxygen atoms in total. The quantitative estimate of drug-likeness (QED) is 0.184. The van der Waals surface area contributed by atoms with Crippen molar-refractivity contribution in [1.82, 2.24) is 14.5 Å². The van der Waals surface area contributed by atoms with Crippen molar-refractivity contribution >= 4 is 11.0 Å². The van der Waals surface area contributed by atoms with E-state index in [0.717, 1.165) is 11.1 Å². The van der Waals surface area contributed by atoms with E-state index >= 15 is 0 Å². The summed E-state index contributed by atoms with van der Waals surface area (Å²) in [6, 6.07) is 28.7. The lowest BCUT2D eigenvalue weighted by atomic mass is 9.83. The van der Waals surface area contributed by atoms with Crippen molar-refractivity contribution in [1.29, 1.82) is 0 Å². The first-order chi connectivity index (χ1) is 33.8. The number of pyridine rings is 1. The summed E-state index contributed by atoms with van der Waals surface area (Å²) in [4.78, 5) is 10.00. The standard InChI is InChI=1S/C53H51N3O/c1-33-18-20-36(21-19-33)38-24-25-54-46(31-38)40-28-39(29-42(30-40)53(7,8)9)43-16-13-17-48-49(43)55-51(45-27-34(2)26-35(3)50(45)57)56(48)47-23-22-41(52(4,5)6)32-44(47)37-14-11-10-12-15-37/h10-32,57H,1-9H3/i1D3,4D3,5D3,6D3,18D,19D,20D,21D. The number of benzene rings is 6. The first kappa shape index (κ1) is 23.1. The van der Waals surface area contributed by atoms with Crippen molar-refractivity contribution in [3.05, 3.63) is 167 Å². The molecule has 0 saturated carbocycles. The second-order valence-electron chi connectivity index (χ2n) is 15.5. The van der Waals surface area contributed by atoms with Gasteiger partial charge in [0.15, 0.2) is 0 Å². The van der Waals surface area contributed by atoms with Crippen LogP contribution in [0.3, 0.4) is 0 Å². The maximum atomic E-state index is 11.9. The summed E-state index contributed by atoms with van der Waals surface area (Å²) >= 11 is 0. The fourth-order valence-electron chi connectivity index (χ4n) is 7.27. The monoisotopic (exact) mass is 762 g/mol. The molecule has 2 aromatic heterocycles. The van der Waals surface area contributed by atoms with Crippen LogP contribution < -0.4 is 0 Å². The Labute approximate surface area is 360 Å². The Bertz CT molecular complexity index is 3410. The Morgan fingerprint density at radius 2 is 1.39 bits per heavy atom. The third-order valence-electron chi connectivity index (χ3n) is 10.2. The summed E-state index contributed by atoms with van der Waals surface area (Å²) in [5, 5.41) is 11.9. The highest BCUT2D eigenvalue weighted by Crippen LogP contribution is 2.43. The Balaban J connectivity index is 1.44. The molecule has 0 aliphatic heterocycles. The van der Waals surface area contributed by atoms with Crippen LogP contribution in [0.4, 0.5) is 0 Å². The maximum Gasteiger partial charge on any atom is 0.149 e. The number of imidazole rings is 1. The Kier molecular flexibility index (Phi) is 5.81. The van der Waals surface area contributed by atoms with Gasteiger partial charge in [0.05, 0.1) is 33.5 Å². The van der Waals surface area contributed by atoms with E-state index in [9.17, 15) is 5.11 Å². The fourth-order valence-corrected chi connectivity index (χ4v) is 7.27. The molecule has 0 aliphatic rings. The third-order valence-corrected chi connectivity index (χ3v) is 10.2. The number of aromatic nitrogens is 3. The Morgan fingerprint density at radius 3 is 2.12 bits per heavy atom. The fraction of sp³-hybridized carbons (Fsp3) is 0.208. The van der Waals surface area contributed by atoms with Crippen molar-refractivity contribution < 1.29 is 27.0 Å². The molecule has 284 valence electrons. The van der Waals surface area contributed by atoms with Crippen molar-refractivity contribution in [2.24, 2.45) is 0 Å². The topological polar surface area (TPSA) is 50.9 Å². The summed E-state index contributed by atoms with van der Waals surface area (Å²) in [7, 11) is 0. The highest BCUT2D eigenvalue weighted by molar-refractivity contribution is 5.98. The minimum Gasteiger partial charge on any atom is -0.507 e. The average Bonchev–Trinajstić information content (AvgIpc) is 3.67. The summed E-state index contributed by atoms with van der Waals surface area (Å²) in [5.74, 6) is 0.196. The zero-order chi connectivity index (χ0) is 53.7. The van der Waals surface area contributed by atoms with E-state index in [4.69, 9.17) is 26.9 Å². The molecule has 8 rings (SSSR count). The zero-order valence-corrected chi connectivity index (χ0v) is 32.3. The number of para-hydroxylation sites is 1. The average molecular weight is 762 g/mol. The lowest BCUT2D eigenvalue weighted by Crippen LogP contribution is -2.12. The van der Waals surface area contributed by atoms with Crippen molar-refractivity contribution in [3.63, 3.8) is 0 Å². The number of rotatable bonds is 6. The summed E-state index contributed by atoms with van der Waals surface area (Å²) in [6.45, 7) is -3.70. The number of fused-ring (bicyclic) bond motifs is 1. The number of phenols is 1. The van der Waals surface area contributed by atoms with E-state index in [2.05, 4.69) is 4.98 Å². The van der Waals surface area contributed by atoms with Gasteiger partial charge in [0.1, 0.15) is 11.6 Å². The second-order valence-corrected chi connectivity index (χ2v) is 15.5. The molecule has 0 amide bonds. The molecule has 0 atom stereocenters. The van der Waals surface area contributed by atoms with Gasteiger partial charge in [-0.1, -0.05) is 132 Å². The van der Waals surface area contributed by atoms with Crippen LogP contribution in [-0.4, -0.2) is 19.6 Å². The maximum absolute atomic E-state index is 11.9. The summed E-state index contributed by atoms with van der Waals surface area (Å²) in [6.07, 6.45) is 1.48. The van der Waals surface area contributed by atoms with Crippen molar-refractivity contribution in [3.8, 4) is 67.5 Å². The van der Waals surface area contributed by atoms with Crippen LogP contribution in [-0.2, 0) is 10.8 Å². The summed E-state index contributed by atoms with van der Waals surface area (Å²) in [5.41, 5.74) is 2.40. The smallest absolute Gasteiger partial charge is 0.149 e. The van der Waals surface area contributed by atoms with Crippen LogP contribution in [0, 0.1) is 20.7 Å². The molecular formula is C53H51N3O. The largest absolute Gasteiger partial charge is 0.507 e. The molecule has 6 aromatic carbocycles. The molecule has 0 spiro atoms. The van der Waals surface area contributed by atoms with Crippen LogP contribution in [0.1, 0.15) is 91.1 Å². The second kappa shape index (κ2) is 14.4. The van der Waals surface area contributed by atoms with Crippen molar-refractivity contribution in [2.75, 3.05) is 0 Å². The van der Waals surface area contributed by atoms with Gasteiger partial charge in [0.25, 0.3) is 0 Å². The molecule has 0 aliphatic carbocycles. The van der Waals surface area contributed by atoms with Crippen LogP contribution in [0.25, 0.3) is 72.7 Å². The van der Waals surface area contributed by atoms with E-state index in [1.165, 1.54) is 24.4 Å². The van der Waals surface area contributed by atoms with Gasteiger partial charge in [-0.2, -0.15) is 0 Å². The molecule has 57 heavy (non-hydrogen) atoms. The third kappa shape index (κ3) is 7.29. The van der Waals surface area contributed by atoms with Crippen LogP contribution in [0.5, 0.6) is 5.75 Å². The van der Waals surface area contributed by atoms with Gasteiger partial charge in [0, 0.05) is 39.3 Å². The minimum absolute atomic E-state index is 0.0643. The molecule has 8 aromatic rings. The molecule has 0 unspecified atom stereocenters. The van der Waals surface area contributed by atoms with Crippen molar-refractivity contribution in [2.45, 2.75) is 72.9 Å². The van der Waals surface area contributed by atoms with Gasteiger partial charge in [-0.3, -0.25) is 9.55 Å². The number of hydrogen-bond donors (Lipinski definition) is 1. The van der Waals surface area contributed by atoms with Gasteiger partial charge in [-0.05, 0) is 125 Å². The molecular weight excluding hydrogens is 695 g/mol. The normalized spacial score (nSPS) is 17.0. The SMILES string of the molecule is [2H]c1c([2H])c(C([2H])([2H])[2H])c([2H])c([2H])c1-c1ccnc(-c2cc(-c3cccc4c3nc(-c3cc(C)cc(C)c3O)n4-c3ccc(C(C([2H])([2H])[2H])(C([2H])([2H])[2H])C([2H])([2H])[2H])cc3-c3ccccc3)cc(C(C)(C)C)c2)c1. The number of aromatic hydroxyl groups is 1. The number of nitrogens with zero attached hydrogens (tertiary/aromatic N) is 3. The summed E-state index contributed by atoms with van der Waals surface area (Å²) < 4.78 is 137. The first-order valence-electron chi connectivity index (χ1n) is 26.6. The minimum atomic E-state index is -3.53. The van der Waals surface area contributed by atoms with E-state index in [-0.39, 0.29) is 28.3 Å². The lowest BCUT2D eigenvalue weighted by molar-refractivity contribution is 0.472. The molecule has 0 bridgehead atoms. The van der Waals surface area contributed by atoms with Gasteiger partial charge in [-0.15, -0.1) is 0 Å². The van der Waals surface area contributed by atoms with Crippen LogP contribution in [0.15, 0.2) is 140 Å². The predicted molar refractivity (Wildman–Crippen MR) is 239 cm³/mol. The Hall–Kier alpha value is -6.26. The highest BCUT2D eigenvalue weighted by Gasteiger charge is 2.25. The molecule has 0 radical (unpaired) electrons. The van der Waals surface area contributed by atoms with Gasteiger partial charge in [0.2, 0.25) is 0 Å². The van der Waals surface area contributed by atoms with E-state index < -0.39 is 73.5 Å². The van der Waals surface area contributed by atoms with Crippen LogP contribution >= 0.6 is 0 Å². The van der Waals surface area contributed by atoms with Gasteiger partial charge in [-0.25, -0.2) is 4.98 Å². The molecule has 1 N–H and O–H groups in total. The molecule has 0 saturated heterocycles. The molecule has 2 heterocycles. The number of phenolic OH excluding ortho intramolecular Hbond substituents is 1. The van der Waals surface area contributed by atoms with E-state index in [1.54, 1.807) is 60.0 Å². The highest BCUT2D eigenvalue weighted by atomic mass is 16.3. The number of hydrogen-bond acceptors (Lipinski definition) is 3. The van der Waals surface area contributed by atoms with E-state index in [1.807, 2.05) is 70.2 Å². The molecule has 0 fully saturated rings. The van der Waals surface area contributed by atoms with E-state index in [0.29, 0.717) is 55.8 Å². The lowest BCUT2D eigenvalue weighted by Gasteiger charge is -2.23. The predicted octanol–water partition coefficient (Wildman–Crippen LogP) is 14.0. The Morgan fingerprint density at radius 1 is 0.614 bits per heavy atom.